The fourth-order valence-corrected chi connectivity index (χ4v) is 3.39. The quantitative estimate of drug-likeness (QED) is 0.743. The Morgan fingerprint density at radius 2 is 1.94 bits per heavy atom. The van der Waals surface area contributed by atoms with E-state index >= 15 is 0 Å². The van der Waals surface area contributed by atoms with Crippen LogP contribution in [0.2, 0.25) is 0 Å². The minimum atomic E-state index is 0.197. The third kappa shape index (κ3) is 2.99. The Hall–Kier alpha value is -0.610. The lowest BCUT2D eigenvalue weighted by Crippen LogP contribution is -2.49. The van der Waals surface area contributed by atoms with Crippen LogP contribution in [0, 0.1) is 0 Å². The normalized spacial score (nSPS) is 32.7. The maximum atomic E-state index is 11.5. The number of nitrogens with zero attached hydrogens (tertiary/aromatic N) is 1. The van der Waals surface area contributed by atoms with Gasteiger partial charge in [0.15, 0.2) is 0 Å². The molecule has 98 valence electrons. The van der Waals surface area contributed by atoms with E-state index in [-0.39, 0.29) is 5.91 Å². The van der Waals surface area contributed by atoms with Crippen molar-refractivity contribution in [2.24, 2.45) is 0 Å². The highest BCUT2D eigenvalue weighted by molar-refractivity contribution is 5.75. The van der Waals surface area contributed by atoms with Crippen molar-refractivity contribution in [2.75, 3.05) is 20.1 Å². The summed E-state index contributed by atoms with van der Waals surface area (Å²) in [7, 11) is 2.06. The van der Waals surface area contributed by atoms with Crippen LogP contribution in [-0.2, 0) is 4.79 Å². The Bertz CT molecular complexity index is 255. The molecule has 4 nitrogen and oxygen atoms in total. The van der Waals surface area contributed by atoms with Crippen LogP contribution < -0.4 is 10.6 Å². The van der Waals surface area contributed by atoms with Crippen molar-refractivity contribution in [2.45, 2.75) is 57.2 Å². The van der Waals surface area contributed by atoms with Crippen LogP contribution in [0.5, 0.6) is 0 Å². The summed E-state index contributed by atoms with van der Waals surface area (Å²) in [6, 6.07) is 2.11. The van der Waals surface area contributed by atoms with Crippen molar-refractivity contribution in [1.82, 2.24) is 15.5 Å². The minimum Gasteiger partial charge on any atom is -0.356 e. The predicted molar refractivity (Wildman–Crippen MR) is 68.9 cm³/mol. The molecule has 2 aliphatic heterocycles. The first-order chi connectivity index (χ1) is 8.24. The van der Waals surface area contributed by atoms with Gasteiger partial charge in [-0.15, -0.1) is 0 Å². The van der Waals surface area contributed by atoms with Gasteiger partial charge in [0, 0.05) is 37.6 Å². The molecule has 2 fully saturated rings. The average molecular weight is 239 g/mol. The smallest absolute Gasteiger partial charge is 0.221 e. The number of hydrogen-bond donors (Lipinski definition) is 2. The number of amides is 1. The lowest BCUT2D eigenvalue weighted by molar-refractivity contribution is -0.121. The molecule has 2 aliphatic rings. The highest BCUT2D eigenvalue weighted by atomic mass is 16.1. The van der Waals surface area contributed by atoms with Crippen LogP contribution in [0.15, 0.2) is 0 Å². The summed E-state index contributed by atoms with van der Waals surface area (Å²) < 4.78 is 0. The molecule has 2 atom stereocenters. The minimum absolute atomic E-state index is 0.197. The molecular formula is C13H25N3O. The van der Waals surface area contributed by atoms with E-state index in [1.165, 1.54) is 25.7 Å². The monoisotopic (exact) mass is 239 g/mol. The van der Waals surface area contributed by atoms with Gasteiger partial charge in [-0.25, -0.2) is 0 Å². The van der Waals surface area contributed by atoms with Gasteiger partial charge in [0.05, 0.1) is 0 Å². The molecule has 2 bridgehead atoms. The van der Waals surface area contributed by atoms with Crippen molar-refractivity contribution < 1.29 is 4.79 Å². The van der Waals surface area contributed by atoms with Crippen molar-refractivity contribution in [3.63, 3.8) is 0 Å². The predicted octanol–water partition coefficient (Wildman–Crippen LogP) is 0.727. The molecule has 2 rings (SSSR count). The van der Waals surface area contributed by atoms with Crippen molar-refractivity contribution in [3.8, 4) is 0 Å². The number of carbonyl (C=O) groups is 1. The van der Waals surface area contributed by atoms with Crippen molar-refractivity contribution >= 4 is 5.91 Å². The van der Waals surface area contributed by atoms with Crippen molar-refractivity contribution in [1.29, 1.82) is 0 Å². The lowest BCUT2D eigenvalue weighted by atomic mass is 9.97. The first-order valence-electron chi connectivity index (χ1n) is 6.94. The maximum Gasteiger partial charge on any atom is 0.221 e. The molecule has 0 aromatic heterocycles. The lowest BCUT2D eigenvalue weighted by Gasteiger charge is -2.38. The number of fused-ring (bicyclic) bond motifs is 2. The number of hydrogen-bond acceptors (Lipinski definition) is 3. The highest BCUT2D eigenvalue weighted by Gasteiger charge is 2.39. The Labute approximate surface area is 104 Å². The standard InChI is InChI=1S/C13H25N3O/c1-3-15-13(17)6-7-16-11-4-5-12(16)9-10(8-11)14-2/h10-12,14H,3-9H2,1-2H3,(H,15,17). The van der Waals surface area contributed by atoms with E-state index in [0.717, 1.165) is 13.1 Å². The fraction of sp³-hybridized carbons (Fsp3) is 0.923. The summed E-state index contributed by atoms with van der Waals surface area (Å²) in [6.45, 7) is 3.66. The van der Waals surface area contributed by atoms with Crippen LogP contribution in [0.3, 0.4) is 0 Å². The van der Waals surface area contributed by atoms with E-state index in [1.54, 1.807) is 0 Å². The van der Waals surface area contributed by atoms with E-state index < -0.39 is 0 Å². The summed E-state index contributed by atoms with van der Waals surface area (Å²) in [6.07, 6.45) is 5.80. The topological polar surface area (TPSA) is 44.4 Å². The number of piperidine rings is 1. The second-order valence-corrected chi connectivity index (χ2v) is 5.28. The molecule has 2 unspecified atom stereocenters. The summed E-state index contributed by atoms with van der Waals surface area (Å²) >= 11 is 0. The highest BCUT2D eigenvalue weighted by Crippen LogP contribution is 2.35. The van der Waals surface area contributed by atoms with Crippen LogP contribution in [0.1, 0.15) is 39.0 Å². The van der Waals surface area contributed by atoms with Gasteiger partial charge >= 0.3 is 0 Å². The first kappa shape index (κ1) is 12.8. The summed E-state index contributed by atoms with van der Waals surface area (Å²) in [5, 5.41) is 6.28. The van der Waals surface area contributed by atoms with E-state index in [0.29, 0.717) is 24.5 Å². The summed E-state index contributed by atoms with van der Waals surface area (Å²) in [5.74, 6) is 0.197. The van der Waals surface area contributed by atoms with E-state index in [1.807, 2.05) is 6.92 Å². The van der Waals surface area contributed by atoms with Crippen LogP contribution >= 0.6 is 0 Å². The Morgan fingerprint density at radius 3 is 2.47 bits per heavy atom. The molecule has 0 radical (unpaired) electrons. The van der Waals surface area contributed by atoms with Gasteiger partial charge in [-0.2, -0.15) is 0 Å². The van der Waals surface area contributed by atoms with E-state index in [4.69, 9.17) is 0 Å². The number of rotatable bonds is 5. The average Bonchev–Trinajstić information content (AvgIpc) is 2.57. The summed E-state index contributed by atoms with van der Waals surface area (Å²) in [5.41, 5.74) is 0. The second-order valence-electron chi connectivity index (χ2n) is 5.28. The number of carbonyl (C=O) groups excluding carboxylic acids is 1. The molecule has 0 saturated carbocycles. The van der Waals surface area contributed by atoms with Gasteiger partial charge in [-0.05, 0) is 39.7 Å². The van der Waals surface area contributed by atoms with E-state index in [9.17, 15) is 4.79 Å². The van der Waals surface area contributed by atoms with Crippen LogP contribution in [0.4, 0.5) is 0 Å². The third-order valence-electron chi connectivity index (χ3n) is 4.26. The Morgan fingerprint density at radius 1 is 1.29 bits per heavy atom. The number of nitrogens with one attached hydrogen (secondary N) is 2. The van der Waals surface area contributed by atoms with Crippen molar-refractivity contribution in [3.05, 3.63) is 0 Å². The zero-order valence-corrected chi connectivity index (χ0v) is 11.0. The third-order valence-corrected chi connectivity index (χ3v) is 4.26. The molecule has 2 N–H and O–H groups in total. The Kier molecular flexibility index (Phi) is 4.40. The van der Waals surface area contributed by atoms with Gasteiger partial charge < -0.3 is 10.6 Å². The zero-order chi connectivity index (χ0) is 12.3. The van der Waals surface area contributed by atoms with Gasteiger partial charge in [-0.3, -0.25) is 9.69 Å². The molecule has 1 amide bonds. The fourth-order valence-electron chi connectivity index (χ4n) is 3.39. The van der Waals surface area contributed by atoms with Crippen LogP contribution in [0.25, 0.3) is 0 Å². The van der Waals surface area contributed by atoms with Gasteiger partial charge in [0.2, 0.25) is 5.91 Å². The molecule has 0 aromatic rings. The molecule has 0 aromatic carbocycles. The summed E-state index contributed by atoms with van der Waals surface area (Å²) in [4.78, 5) is 14.1. The van der Waals surface area contributed by atoms with Gasteiger partial charge in [0.1, 0.15) is 0 Å². The van der Waals surface area contributed by atoms with E-state index in [2.05, 4.69) is 22.6 Å². The Balaban J connectivity index is 1.81. The molecule has 2 heterocycles. The first-order valence-corrected chi connectivity index (χ1v) is 6.94. The molecule has 0 aliphatic carbocycles. The van der Waals surface area contributed by atoms with Crippen LogP contribution in [-0.4, -0.2) is 49.1 Å². The van der Waals surface area contributed by atoms with Gasteiger partial charge in [-0.1, -0.05) is 0 Å². The maximum absolute atomic E-state index is 11.5. The molecule has 0 spiro atoms. The second kappa shape index (κ2) is 5.83. The van der Waals surface area contributed by atoms with Gasteiger partial charge in [0.25, 0.3) is 0 Å². The molecule has 17 heavy (non-hydrogen) atoms. The largest absolute Gasteiger partial charge is 0.356 e. The zero-order valence-electron chi connectivity index (χ0n) is 11.0. The SMILES string of the molecule is CCNC(=O)CCN1C2CCC1CC(NC)C2. The molecule has 4 heteroatoms. The molecule has 2 saturated heterocycles. The molecular weight excluding hydrogens is 214 g/mol.